The van der Waals surface area contributed by atoms with Gasteiger partial charge in [-0.1, -0.05) is 24.8 Å². The summed E-state index contributed by atoms with van der Waals surface area (Å²) in [5.74, 6) is -2.68. The van der Waals surface area contributed by atoms with Crippen LogP contribution in [0.5, 0.6) is 5.75 Å². The van der Waals surface area contributed by atoms with Crippen LogP contribution in [0.2, 0.25) is 0 Å². The van der Waals surface area contributed by atoms with E-state index in [2.05, 4.69) is 6.58 Å². The van der Waals surface area contributed by atoms with Crippen LogP contribution in [0.25, 0.3) is 0 Å². The Balaban J connectivity index is 0.000000262. The minimum absolute atomic E-state index is 0.322. The second-order valence-electron chi connectivity index (χ2n) is 2.42. The maximum Gasteiger partial charge on any atom is 0.342 e. The number of rotatable bonds is 2. The van der Waals surface area contributed by atoms with Crippen molar-refractivity contribution in [1.29, 1.82) is 0 Å². The Morgan fingerprint density at radius 3 is 1.53 bits per heavy atom. The Hall–Kier alpha value is -2.30. The van der Waals surface area contributed by atoms with Gasteiger partial charge in [-0.2, -0.15) is 0 Å². The van der Waals surface area contributed by atoms with Crippen LogP contribution in [0.15, 0.2) is 42.5 Å². The molecular weight excluding hydrogens is 200 g/mol. The topological polar surface area (TPSA) is 94.8 Å². The van der Waals surface area contributed by atoms with Crippen LogP contribution < -0.4 is 0 Å². The lowest BCUT2D eigenvalue weighted by atomic mass is 10.3. The maximum atomic E-state index is 9.66. The van der Waals surface area contributed by atoms with Gasteiger partial charge in [0.05, 0.1) is 0 Å². The first-order chi connectivity index (χ1) is 6.95. The summed E-state index contributed by atoms with van der Waals surface area (Å²) in [7, 11) is 0. The molecule has 0 atom stereocenters. The zero-order valence-electron chi connectivity index (χ0n) is 7.75. The van der Waals surface area contributed by atoms with Gasteiger partial charge in [0, 0.05) is 0 Å². The molecule has 1 aromatic rings. The van der Waals surface area contributed by atoms with Crippen molar-refractivity contribution in [3.63, 3.8) is 0 Å². The lowest BCUT2D eigenvalue weighted by molar-refractivity contribution is -0.140. The third-order valence-corrected chi connectivity index (χ3v) is 1.27. The van der Waals surface area contributed by atoms with Gasteiger partial charge in [-0.25, -0.2) is 9.59 Å². The molecule has 0 fully saturated rings. The molecule has 0 aromatic heterocycles. The van der Waals surface area contributed by atoms with Crippen molar-refractivity contribution in [2.24, 2.45) is 0 Å². The van der Waals surface area contributed by atoms with Gasteiger partial charge in [-0.05, 0) is 12.1 Å². The smallest absolute Gasteiger partial charge is 0.342 e. The minimum atomic E-state index is -1.50. The molecule has 15 heavy (non-hydrogen) atoms. The Morgan fingerprint density at radius 2 is 1.40 bits per heavy atom. The first-order valence-electron chi connectivity index (χ1n) is 3.84. The lowest BCUT2D eigenvalue weighted by Gasteiger charge is -1.86. The Kier molecular flexibility index (Phi) is 5.25. The molecule has 0 saturated carbocycles. The fraction of sp³-hybridized carbons (Fsp3) is 0. The molecule has 5 heteroatoms. The number of benzene rings is 1. The fourth-order valence-electron chi connectivity index (χ4n) is 0.519. The quantitative estimate of drug-likeness (QED) is 0.386. The van der Waals surface area contributed by atoms with Gasteiger partial charge < -0.3 is 15.3 Å². The molecule has 0 aliphatic heterocycles. The average Bonchev–Trinajstić information content (AvgIpc) is 2.18. The highest BCUT2D eigenvalue weighted by molar-refractivity contribution is 6.11. The van der Waals surface area contributed by atoms with Crippen molar-refractivity contribution in [2.45, 2.75) is 0 Å². The predicted octanol–water partition coefficient (Wildman–Crippen LogP) is 1.10. The minimum Gasteiger partial charge on any atom is -0.508 e. The van der Waals surface area contributed by atoms with Crippen LogP contribution in [0.3, 0.4) is 0 Å². The van der Waals surface area contributed by atoms with Crippen LogP contribution in [-0.2, 0) is 9.59 Å². The highest BCUT2D eigenvalue weighted by atomic mass is 16.4. The molecular formula is C10H10O5. The summed E-state index contributed by atoms with van der Waals surface area (Å²) in [6, 6.07) is 8.71. The second kappa shape index (κ2) is 6.20. The first kappa shape index (κ1) is 12.7. The zero-order chi connectivity index (χ0) is 11.8. The summed E-state index contributed by atoms with van der Waals surface area (Å²) in [5, 5.41) is 24.4. The number of aromatic hydroxyl groups is 1. The number of para-hydroxylation sites is 1. The Morgan fingerprint density at radius 1 is 1.00 bits per heavy atom. The summed E-state index contributed by atoms with van der Waals surface area (Å²) >= 11 is 0. The van der Waals surface area contributed by atoms with E-state index in [4.69, 9.17) is 15.3 Å². The van der Waals surface area contributed by atoms with Crippen molar-refractivity contribution < 1.29 is 24.9 Å². The van der Waals surface area contributed by atoms with E-state index >= 15 is 0 Å². The molecule has 0 heterocycles. The lowest BCUT2D eigenvalue weighted by Crippen LogP contribution is -2.08. The van der Waals surface area contributed by atoms with E-state index in [0.717, 1.165) is 0 Å². The highest BCUT2D eigenvalue weighted by Crippen LogP contribution is 2.02. The van der Waals surface area contributed by atoms with Crippen molar-refractivity contribution in [1.82, 2.24) is 0 Å². The van der Waals surface area contributed by atoms with E-state index in [9.17, 15) is 9.59 Å². The van der Waals surface area contributed by atoms with Crippen LogP contribution in [0, 0.1) is 0 Å². The number of phenols is 1. The van der Waals surface area contributed by atoms with E-state index in [-0.39, 0.29) is 0 Å². The molecule has 0 unspecified atom stereocenters. The molecule has 0 radical (unpaired) electrons. The largest absolute Gasteiger partial charge is 0.508 e. The number of carboxylic acid groups (broad SMARTS) is 2. The van der Waals surface area contributed by atoms with Gasteiger partial charge in [0.2, 0.25) is 0 Å². The van der Waals surface area contributed by atoms with Gasteiger partial charge in [-0.3, -0.25) is 0 Å². The Labute approximate surface area is 85.9 Å². The van der Waals surface area contributed by atoms with Gasteiger partial charge in [-0.15, -0.1) is 0 Å². The van der Waals surface area contributed by atoms with Gasteiger partial charge in [0.1, 0.15) is 11.3 Å². The number of hydrogen-bond acceptors (Lipinski definition) is 3. The summed E-state index contributed by atoms with van der Waals surface area (Å²) in [5.41, 5.74) is -0.815. The molecule has 3 N–H and O–H groups in total. The number of phenolic OH excluding ortho intramolecular Hbond substituents is 1. The van der Waals surface area contributed by atoms with Crippen LogP contribution in [0.1, 0.15) is 0 Å². The SMILES string of the molecule is C=C(C(=O)O)C(=O)O.Oc1ccccc1. The third-order valence-electron chi connectivity index (χ3n) is 1.27. The van der Waals surface area contributed by atoms with Crippen molar-refractivity contribution in [3.8, 4) is 5.75 Å². The normalized spacial score (nSPS) is 8.27. The maximum absolute atomic E-state index is 9.66. The summed E-state index contributed by atoms with van der Waals surface area (Å²) in [4.78, 5) is 19.3. The molecule has 0 spiro atoms. The van der Waals surface area contributed by atoms with Crippen LogP contribution in [-0.4, -0.2) is 27.3 Å². The standard InChI is InChI=1S/C6H6O.C4H4O4/c7-6-4-2-1-3-5-6;1-2(3(5)6)4(7)8/h1-5,7H;1H2,(H,5,6)(H,7,8). The number of hydrogen-bond donors (Lipinski definition) is 3. The number of aliphatic carboxylic acids is 2. The highest BCUT2D eigenvalue weighted by Gasteiger charge is 2.10. The van der Waals surface area contributed by atoms with E-state index in [1.807, 2.05) is 6.07 Å². The summed E-state index contributed by atoms with van der Waals surface area (Å²) in [6.07, 6.45) is 0. The monoisotopic (exact) mass is 210 g/mol. The summed E-state index contributed by atoms with van der Waals surface area (Å²) in [6.45, 7) is 2.75. The molecule has 0 aliphatic carbocycles. The van der Waals surface area contributed by atoms with Crippen molar-refractivity contribution in [3.05, 3.63) is 42.5 Å². The molecule has 80 valence electrons. The van der Waals surface area contributed by atoms with E-state index in [1.165, 1.54) is 0 Å². The summed E-state index contributed by atoms with van der Waals surface area (Å²) < 4.78 is 0. The number of carboxylic acids is 2. The van der Waals surface area contributed by atoms with Gasteiger partial charge in [0.25, 0.3) is 0 Å². The molecule has 1 aromatic carbocycles. The predicted molar refractivity (Wildman–Crippen MR) is 52.5 cm³/mol. The molecule has 5 nitrogen and oxygen atoms in total. The van der Waals surface area contributed by atoms with E-state index in [1.54, 1.807) is 24.3 Å². The molecule has 0 amide bonds. The second-order valence-corrected chi connectivity index (χ2v) is 2.42. The number of carbonyl (C=O) groups is 2. The average molecular weight is 210 g/mol. The molecule has 1 rings (SSSR count). The van der Waals surface area contributed by atoms with Gasteiger partial charge >= 0.3 is 11.9 Å². The van der Waals surface area contributed by atoms with E-state index in [0.29, 0.717) is 5.75 Å². The molecule has 0 saturated heterocycles. The van der Waals surface area contributed by atoms with Crippen molar-refractivity contribution in [2.75, 3.05) is 0 Å². The van der Waals surface area contributed by atoms with Crippen LogP contribution >= 0.6 is 0 Å². The fourth-order valence-corrected chi connectivity index (χ4v) is 0.519. The van der Waals surface area contributed by atoms with E-state index < -0.39 is 17.5 Å². The zero-order valence-corrected chi connectivity index (χ0v) is 7.75. The molecule has 0 aliphatic rings. The third kappa shape index (κ3) is 5.87. The first-order valence-corrected chi connectivity index (χ1v) is 3.84. The Bertz CT molecular complexity index is 339. The molecule has 0 bridgehead atoms. The van der Waals surface area contributed by atoms with Crippen LogP contribution in [0.4, 0.5) is 0 Å². The van der Waals surface area contributed by atoms with Crippen molar-refractivity contribution >= 4 is 11.9 Å². The van der Waals surface area contributed by atoms with Gasteiger partial charge in [0.15, 0.2) is 0 Å².